The topological polar surface area (TPSA) is 62.3 Å². The summed E-state index contributed by atoms with van der Waals surface area (Å²) >= 11 is 0. The molecule has 1 aromatic heterocycles. The van der Waals surface area contributed by atoms with Crippen LogP contribution in [0.1, 0.15) is 71.9 Å². The van der Waals surface area contributed by atoms with Gasteiger partial charge in [0, 0.05) is 30.3 Å². The lowest BCUT2D eigenvalue weighted by Gasteiger charge is -2.35. The third kappa shape index (κ3) is 4.09. The first-order valence-corrected chi connectivity index (χ1v) is 10.9. The van der Waals surface area contributed by atoms with E-state index in [1.165, 1.54) is 6.20 Å². The van der Waals surface area contributed by atoms with Gasteiger partial charge in [0.25, 0.3) is 11.8 Å². The van der Waals surface area contributed by atoms with Gasteiger partial charge in [0.15, 0.2) is 0 Å². The average Bonchev–Trinajstić information content (AvgIpc) is 3.65. The van der Waals surface area contributed by atoms with E-state index in [0.29, 0.717) is 24.0 Å². The van der Waals surface area contributed by atoms with Gasteiger partial charge in [-0.2, -0.15) is 0 Å². The maximum absolute atomic E-state index is 16.0. The van der Waals surface area contributed by atoms with Crippen molar-refractivity contribution >= 4 is 11.8 Å². The number of hydrogen-bond acceptors (Lipinski definition) is 3. The van der Waals surface area contributed by atoms with Gasteiger partial charge >= 0.3 is 0 Å². The quantitative estimate of drug-likeness (QED) is 0.717. The van der Waals surface area contributed by atoms with E-state index in [1.807, 2.05) is 11.0 Å². The monoisotopic (exact) mass is 409 g/mol. The second-order valence-electron chi connectivity index (χ2n) is 8.29. The maximum Gasteiger partial charge on any atom is 0.255 e. The molecule has 1 aliphatic carbocycles. The highest BCUT2D eigenvalue weighted by atomic mass is 19.1. The first-order valence-electron chi connectivity index (χ1n) is 10.9. The summed E-state index contributed by atoms with van der Waals surface area (Å²) in [6.45, 7) is 2.85. The van der Waals surface area contributed by atoms with E-state index in [9.17, 15) is 9.59 Å². The van der Waals surface area contributed by atoms with Crippen molar-refractivity contribution in [1.82, 2.24) is 15.2 Å². The predicted molar refractivity (Wildman–Crippen MR) is 113 cm³/mol. The first kappa shape index (κ1) is 20.5. The Kier molecular flexibility index (Phi) is 5.84. The van der Waals surface area contributed by atoms with Crippen molar-refractivity contribution in [1.29, 1.82) is 0 Å². The third-order valence-corrected chi connectivity index (χ3v) is 6.21. The third-order valence-electron chi connectivity index (χ3n) is 6.21. The van der Waals surface area contributed by atoms with E-state index in [2.05, 4.69) is 17.2 Å². The Balaban J connectivity index is 1.53. The Hall–Kier alpha value is -2.76. The molecule has 2 atom stereocenters. The number of amides is 2. The van der Waals surface area contributed by atoms with Crippen LogP contribution in [0, 0.1) is 5.92 Å². The van der Waals surface area contributed by atoms with Crippen molar-refractivity contribution in [2.24, 2.45) is 5.92 Å². The molecular weight excluding hydrogens is 381 g/mol. The number of carbonyl (C=O) groups excluding carboxylic acids is 2. The zero-order valence-electron chi connectivity index (χ0n) is 17.3. The molecule has 0 radical (unpaired) electrons. The largest absolute Gasteiger partial charge is 0.336 e. The average molecular weight is 410 g/mol. The predicted octanol–water partition coefficient (Wildman–Crippen LogP) is 4.45. The molecule has 5 nitrogen and oxygen atoms in total. The molecule has 2 aliphatic rings. The molecule has 2 unspecified atom stereocenters. The van der Waals surface area contributed by atoms with Crippen molar-refractivity contribution < 1.29 is 14.0 Å². The number of likely N-dealkylation sites (tertiary alicyclic amines) is 1. The Morgan fingerprint density at radius 3 is 2.50 bits per heavy atom. The van der Waals surface area contributed by atoms with Crippen LogP contribution in [0.15, 0.2) is 48.7 Å². The SMILES string of the molecule is CCC1CCCCN1C(=O)c1ccc(C(F)(NC(=O)c2ccccc2)C2CC2)nc1. The number of carbonyl (C=O) groups is 2. The van der Waals surface area contributed by atoms with Crippen LogP contribution < -0.4 is 5.32 Å². The molecule has 0 bridgehead atoms. The molecule has 2 aromatic rings. The number of alkyl halides is 1. The molecule has 2 heterocycles. The van der Waals surface area contributed by atoms with Gasteiger partial charge in [0.05, 0.1) is 11.3 Å². The van der Waals surface area contributed by atoms with Crippen LogP contribution in [0.2, 0.25) is 0 Å². The van der Waals surface area contributed by atoms with E-state index in [0.717, 1.165) is 32.2 Å². The number of rotatable bonds is 6. The lowest BCUT2D eigenvalue weighted by Crippen LogP contribution is -2.45. The van der Waals surface area contributed by atoms with Crippen LogP contribution in [-0.4, -0.2) is 34.3 Å². The number of hydrogen-bond donors (Lipinski definition) is 1. The van der Waals surface area contributed by atoms with Crippen molar-refractivity contribution in [3.63, 3.8) is 0 Å². The highest BCUT2D eigenvalue weighted by molar-refractivity contribution is 5.95. The highest BCUT2D eigenvalue weighted by Crippen LogP contribution is 2.46. The molecular formula is C24H28FN3O2. The van der Waals surface area contributed by atoms with E-state index in [1.54, 1.807) is 36.4 Å². The van der Waals surface area contributed by atoms with Crippen LogP contribution in [0.5, 0.6) is 0 Å². The smallest absolute Gasteiger partial charge is 0.255 e. The minimum Gasteiger partial charge on any atom is -0.336 e. The van der Waals surface area contributed by atoms with Gasteiger partial charge < -0.3 is 10.2 Å². The fourth-order valence-electron chi connectivity index (χ4n) is 4.28. The zero-order chi connectivity index (χ0) is 21.1. The van der Waals surface area contributed by atoms with Gasteiger partial charge in [-0.25, -0.2) is 4.39 Å². The van der Waals surface area contributed by atoms with Gasteiger partial charge in [-0.1, -0.05) is 25.1 Å². The Morgan fingerprint density at radius 1 is 1.10 bits per heavy atom. The number of nitrogens with one attached hydrogen (secondary N) is 1. The summed E-state index contributed by atoms with van der Waals surface area (Å²) in [6.07, 6.45) is 6.94. The number of piperidine rings is 1. The number of aromatic nitrogens is 1. The van der Waals surface area contributed by atoms with Crippen molar-refractivity contribution in [2.75, 3.05) is 6.54 Å². The van der Waals surface area contributed by atoms with E-state index >= 15 is 4.39 Å². The standard InChI is InChI=1S/C24H28FN3O2/c1-2-20-10-6-7-15-28(20)23(30)18-11-14-21(26-16-18)24(25,19-12-13-19)27-22(29)17-8-4-3-5-9-17/h3-5,8-9,11,14,16,19-20H,2,6-7,10,12-13,15H2,1H3,(H,27,29). The molecule has 1 saturated heterocycles. The summed E-state index contributed by atoms with van der Waals surface area (Å²) in [6, 6.07) is 12.0. The van der Waals surface area contributed by atoms with Crippen molar-refractivity contribution in [2.45, 2.75) is 57.3 Å². The molecule has 1 aromatic carbocycles. The van der Waals surface area contributed by atoms with E-state index in [4.69, 9.17) is 0 Å². The molecule has 2 fully saturated rings. The van der Waals surface area contributed by atoms with Gasteiger partial charge in [0.1, 0.15) is 0 Å². The van der Waals surface area contributed by atoms with Crippen LogP contribution in [0.25, 0.3) is 0 Å². The number of nitrogens with zero attached hydrogens (tertiary/aromatic N) is 2. The molecule has 1 N–H and O–H groups in total. The van der Waals surface area contributed by atoms with Crippen LogP contribution >= 0.6 is 0 Å². The lowest BCUT2D eigenvalue weighted by atomic mass is 9.98. The zero-order valence-corrected chi connectivity index (χ0v) is 17.3. The summed E-state index contributed by atoms with van der Waals surface area (Å²) in [5.74, 6) is -2.85. The number of benzene rings is 1. The Labute approximate surface area is 176 Å². The Bertz CT molecular complexity index is 898. The van der Waals surface area contributed by atoms with Gasteiger partial charge in [-0.3, -0.25) is 14.6 Å². The van der Waals surface area contributed by atoms with Crippen LogP contribution in [0.4, 0.5) is 4.39 Å². The molecule has 158 valence electrons. The summed E-state index contributed by atoms with van der Waals surface area (Å²) in [5, 5.41) is 2.55. The highest BCUT2D eigenvalue weighted by Gasteiger charge is 2.49. The fraction of sp³-hybridized carbons (Fsp3) is 0.458. The molecule has 1 saturated carbocycles. The summed E-state index contributed by atoms with van der Waals surface area (Å²) in [4.78, 5) is 31.7. The van der Waals surface area contributed by atoms with Gasteiger partial charge in [-0.15, -0.1) is 0 Å². The molecule has 6 heteroatoms. The molecule has 30 heavy (non-hydrogen) atoms. The minimum atomic E-state index is -2.04. The summed E-state index contributed by atoms with van der Waals surface area (Å²) < 4.78 is 16.0. The number of pyridine rings is 1. The van der Waals surface area contributed by atoms with Crippen molar-refractivity contribution in [3.05, 3.63) is 65.5 Å². The van der Waals surface area contributed by atoms with Gasteiger partial charge in [0.2, 0.25) is 5.79 Å². The van der Waals surface area contributed by atoms with Gasteiger partial charge in [-0.05, 0) is 62.8 Å². The fourth-order valence-corrected chi connectivity index (χ4v) is 4.28. The molecule has 4 rings (SSSR count). The van der Waals surface area contributed by atoms with Crippen LogP contribution in [-0.2, 0) is 5.79 Å². The molecule has 2 amide bonds. The minimum absolute atomic E-state index is 0.0511. The first-order chi connectivity index (χ1) is 14.5. The molecule has 0 spiro atoms. The normalized spacial score (nSPS) is 21.0. The van der Waals surface area contributed by atoms with E-state index in [-0.39, 0.29) is 23.6 Å². The maximum atomic E-state index is 16.0. The second kappa shape index (κ2) is 8.54. The van der Waals surface area contributed by atoms with Crippen molar-refractivity contribution in [3.8, 4) is 0 Å². The summed E-state index contributed by atoms with van der Waals surface area (Å²) in [7, 11) is 0. The lowest BCUT2D eigenvalue weighted by molar-refractivity contribution is 0.0557. The van der Waals surface area contributed by atoms with Crippen LogP contribution in [0.3, 0.4) is 0 Å². The van der Waals surface area contributed by atoms with E-state index < -0.39 is 11.7 Å². The Morgan fingerprint density at radius 2 is 1.87 bits per heavy atom. The number of halogens is 1. The summed E-state index contributed by atoms with van der Waals surface area (Å²) in [5.41, 5.74) is 1.02. The molecule has 1 aliphatic heterocycles. The second-order valence-corrected chi connectivity index (χ2v) is 8.29.